The fraction of sp³-hybridized carbons (Fsp3) is 0.111. The summed E-state index contributed by atoms with van der Waals surface area (Å²) >= 11 is 0. The molecule has 0 N–H and O–H groups in total. The highest BCUT2D eigenvalue weighted by molar-refractivity contribution is 6.52. The summed E-state index contributed by atoms with van der Waals surface area (Å²) in [6, 6.07) is 9.45. The van der Waals surface area contributed by atoms with Gasteiger partial charge in [-0.1, -0.05) is 5.16 Å². The summed E-state index contributed by atoms with van der Waals surface area (Å²) in [5.74, 6) is -3.50. The molecule has 0 aliphatic carbocycles. The Balaban J connectivity index is 1.60. The Labute approximate surface area is 166 Å². The maximum absolute atomic E-state index is 12.9. The Kier molecular flexibility index (Phi) is 4.30. The van der Waals surface area contributed by atoms with Crippen LogP contribution >= 0.6 is 0 Å². The summed E-state index contributed by atoms with van der Waals surface area (Å²) in [6.45, 7) is 0. The maximum Gasteiger partial charge on any atom is 0.278 e. The standard InChI is InChI=1S/C18H10N4O8/c23-15(9-1-3-11(4-2-9)21(26)27)14-13-16(30-19-14)18(25)20(17(13)24)10-5-7-12(8-6-10)22(28)29/h1-8,13,16H. The van der Waals surface area contributed by atoms with Crippen molar-refractivity contribution in [1.29, 1.82) is 0 Å². The number of nitrogens with zero attached hydrogens (tertiary/aromatic N) is 4. The van der Waals surface area contributed by atoms with E-state index in [4.69, 9.17) is 4.84 Å². The third kappa shape index (κ3) is 2.87. The van der Waals surface area contributed by atoms with Gasteiger partial charge in [-0.2, -0.15) is 0 Å². The molecule has 2 aliphatic rings. The molecule has 0 bridgehead atoms. The Morgan fingerprint density at radius 1 is 0.900 bits per heavy atom. The Bertz CT molecular complexity index is 1140. The molecule has 30 heavy (non-hydrogen) atoms. The summed E-state index contributed by atoms with van der Waals surface area (Å²) in [7, 11) is 0. The van der Waals surface area contributed by atoms with Gasteiger partial charge < -0.3 is 4.84 Å². The summed E-state index contributed by atoms with van der Waals surface area (Å²) in [6.07, 6.45) is -1.33. The molecule has 2 aliphatic heterocycles. The number of rotatable bonds is 5. The summed E-state index contributed by atoms with van der Waals surface area (Å²) < 4.78 is 0. The van der Waals surface area contributed by atoms with Crippen LogP contribution < -0.4 is 4.90 Å². The number of carbonyl (C=O) groups is 3. The number of benzene rings is 2. The van der Waals surface area contributed by atoms with Crippen LogP contribution in [0.1, 0.15) is 10.4 Å². The fourth-order valence-electron chi connectivity index (χ4n) is 3.23. The number of carbonyl (C=O) groups excluding carboxylic acids is 3. The predicted molar refractivity (Wildman–Crippen MR) is 98.8 cm³/mol. The van der Waals surface area contributed by atoms with Crippen molar-refractivity contribution in [2.24, 2.45) is 11.1 Å². The number of Topliss-reactive ketones (excluding diaryl/α,β-unsaturated/α-hetero) is 1. The van der Waals surface area contributed by atoms with Gasteiger partial charge in [0.1, 0.15) is 11.6 Å². The number of amides is 2. The molecule has 2 heterocycles. The first kappa shape index (κ1) is 18.9. The third-order valence-corrected chi connectivity index (χ3v) is 4.70. The predicted octanol–water partition coefficient (Wildman–Crippen LogP) is 1.63. The zero-order valence-electron chi connectivity index (χ0n) is 14.8. The van der Waals surface area contributed by atoms with Crippen LogP contribution in [0.25, 0.3) is 0 Å². The zero-order chi connectivity index (χ0) is 21.6. The highest BCUT2D eigenvalue weighted by atomic mass is 16.7. The van der Waals surface area contributed by atoms with Crippen molar-refractivity contribution in [2.75, 3.05) is 4.90 Å². The highest BCUT2D eigenvalue weighted by Crippen LogP contribution is 2.34. The van der Waals surface area contributed by atoms with E-state index in [1.165, 1.54) is 24.3 Å². The molecular weight excluding hydrogens is 400 g/mol. The molecule has 0 spiro atoms. The normalized spacial score (nSPS) is 19.9. The van der Waals surface area contributed by atoms with Crippen LogP contribution in [0.4, 0.5) is 17.1 Å². The smallest absolute Gasteiger partial charge is 0.278 e. The molecule has 2 atom stereocenters. The van der Waals surface area contributed by atoms with Crippen LogP contribution in [0.15, 0.2) is 53.7 Å². The van der Waals surface area contributed by atoms with Gasteiger partial charge in [0.25, 0.3) is 17.3 Å². The van der Waals surface area contributed by atoms with E-state index >= 15 is 0 Å². The van der Waals surface area contributed by atoms with Crippen molar-refractivity contribution in [3.63, 3.8) is 0 Å². The van der Waals surface area contributed by atoms with E-state index in [-0.39, 0.29) is 28.3 Å². The number of nitro benzene ring substituents is 2. The molecular formula is C18H10N4O8. The average Bonchev–Trinajstić information content (AvgIpc) is 3.28. The van der Waals surface area contributed by atoms with E-state index < -0.39 is 39.5 Å². The van der Waals surface area contributed by atoms with Gasteiger partial charge in [0.05, 0.1) is 15.5 Å². The first-order valence-electron chi connectivity index (χ1n) is 8.44. The van der Waals surface area contributed by atoms with E-state index in [0.717, 1.165) is 29.2 Å². The number of imide groups is 1. The fourth-order valence-corrected chi connectivity index (χ4v) is 3.23. The van der Waals surface area contributed by atoms with Crippen molar-refractivity contribution in [3.05, 3.63) is 74.3 Å². The molecule has 2 amide bonds. The molecule has 2 aromatic carbocycles. The minimum atomic E-state index is -1.33. The van der Waals surface area contributed by atoms with Crippen molar-refractivity contribution in [1.82, 2.24) is 0 Å². The van der Waals surface area contributed by atoms with Gasteiger partial charge in [-0.15, -0.1) is 0 Å². The monoisotopic (exact) mass is 410 g/mol. The molecule has 2 aromatic rings. The Hall–Kier alpha value is -4.48. The van der Waals surface area contributed by atoms with Crippen LogP contribution in [0.3, 0.4) is 0 Å². The molecule has 1 saturated heterocycles. The van der Waals surface area contributed by atoms with Crippen LogP contribution in [-0.2, 0) is 14.4 Å². The Morgan fingerprint density at radius 2 is 1.43 bits per heavy atom. The van der Waals surface area contributed by atoms with E-state index in [0.29, 0.717) is 0 Å². The number of hydrogen-bond acceptors (Lipinski definition) is 9. The van der Waals surface area contributed by atoms with Crippen molar-refractivity contribution >= 4 is 40.4 Å². The van der Waals surface area contributed by atoms with Crippen LogP contribution in [-0.4, -0.2) is 39.3 Å². The van der Waals surface area contributed by atoms with Crippen LogP contribution in [0.5, 0.6) is 0 Å². The largest absolute Gasteiger partial charge is 0.381 e. The average molecular weight is 410 g/mol. The number of hydrogen-bond donors (Lipinski definition) is 0. The molecule has 4 rings (SSSR count). The van der Waals surface area contributed by atoms with Crippen molar-refractivity contribution in [2.45, 2.75) is 6.10 Å². The highest BCUT2D eigenvalue weighted by Gasteiger charge is 2.57. The van der Waals surface area contributed by atoms with Crippen molar-refractivity contribution < 1.29 is 29.1 Å². The van der Waals surface area contributed by atoms with Gasteiger partial charge in [-0.3, -0.25) is 34.6 Å². The molecule has 0 saturated carbocycles. The maximum atomic E-state index is 12.9. The van der Waals surface area contributed by atoms with E-state index in [1.807, 2.05) is 0 Å². The van der Waals surface area contributed by atoms with E-state index in [2.05, 4.69) is 5.16 Å². The third-order valence-electron chi connectivity index (χ3n) is 4.70. The second kappa shape index (κ2) is 6.84. The minimum absolute atomic E-state index is 0.0395. The summed E-state index contributed by atoms with van der Waals surface area (Å²) in [4.78, 5) is 64.4. The number of fused-ring (bicyclic) bond motifs is 1. The second-order valence-corrected chi connectivity index (χ2v) is 6.40. The first-order chi connectivity index (χ1) is 14.3. The topological polar surface area (TPSA) is 162 Å². The number of anilines is 1. The second-order valence-electron chi connectivity index (χ2n) is 6.40. The van der Waals surface area contributed by atoms with E-state index in [9.17, 15) is 34.6 Å². The van der Waals surface area contributed by atoms with Gasteiger partial charge in [0, 0.05) is 29.8 Å². The molecule has 12 heteroatoms. The minimum Gasteiger partial charge on any atom is -0.381 e. The molecule has 12 nitrogen and oxygen atoms in total. The lowest BCUT2D eigenvalue weighted by atomic mass is 9.93. The number of non-ortho nitro benzene ring substituents is 2. The summed E-state index contributed by atoms with van der Waals surface area (Å²) in [5, 5.41) is 25.1. The van der Waals surface area contributed by atoms with Gasteiger partial charge in [-0.25, -0.2) is 4.90 Å². The molecule has 150 valence electrons. The lowest BCUT2D eigenvalue weighted by Gasteiger charge is -2.14. The number of oxime groups is 1. The lowest BCUT2D eigenvalue weighted by molar-refractivity contribution is -0.385. The Morgan fingerprint density at radius 3 is 1.97 bits per heavy atom. The van der Waals surface area contributed by atoms with Gasteiger partial charge >= 0.3 is 0 Å². The molecule has 0 aromatic heterocycles. The van der Waals surface area contributed by atoms with Gasteiger partial charge in [-0.05, 0) is 24.3 Å². The number of nitro groups is 2. The summed E-state index contributed by atoms with van der Waals surface area (Å²) in [5.41, 5.74) is -0.597. The lowest BCUT2D eigenvalue weighted by Crippen LogP contribution is -2.34. The molecule has 0 radical (unpaired) electrons. The quantitative estimate of drug-likeness (QED) is 0.311. The first-order valence-corrected chi connectivity index (χ1v) is 8.44. The number of ketones is 1. The molecule has 1 fully saturated rings. The van der Waals surface area contributed by atoms with Gasteiger partial charge in [0.15, 0.2) is 0 Å². The SMILES string of the molecule is O=C(C1=NOC2C(=O)N(c3ccc([N+](=O)[O-])cc3)C(=O)C12)c1ccc([N+](=O)[O-])cc1. The zero-order valence-corrected chi connectivity index (χ0v) is 14.8. The van der Waals surface area contributed by atoms with Crippen LogP contribution in [0.2, 0.25) is 0 Å². The molecule has 2 unspecified atom stereocenters. The van der Waals surface area contributed by atoms with Crippen LogP contribution in [0, 0.1) is 26.1 Å². The van der Waals surface area contributed by atoms with Gasteiger partial charge in [0.2, 0.25) is 17.8 Å². The van der Waals surface area contributed by atoms with E-state index in [1.54, 1.807) is 0 Å². The van der Waals surface area contributed by atoms with Crippen molar-refractivity contribution in [3.8, 4) is 0 Å².